The van der Waals surface area contributed by atoms with Crippen LogP contribution < -0.4 is 5.32 Å². The molecule has 3 heterocycles. The lowest BCUT2D eigenvalue weighted by Crippen LogP contribution is -2.48. The lowest BCUT2D eigenvalue weighted by atomic mass is 9.97. The Labute approximate surface area is 140 Å². The van der Waals surface area contributed by atoms with Gasteiger partial charge in [-0.2, -0.15) is 9.78 Å². The van der Waals surface area contributed by atoms with Gasteiger partial charge in [0.2, 0.25) is 0 Å². The van der Waals surface area contributed by atoms with Crippen LogP contribution in [0.2, 0.25) is 5.02 Å². The van der Waals surface area contributed by atoms with Crippen LogP contribution in [0.5, 0.6) is 0 Å². The van der Waals surface area contributed by atoms with E-state index in [1.165, 1.54) is 17.6 Å². The summed E-state index contributed by atoms with van der Waals surface area (Å²) in [5.74, 6) is 0.727. The fourth-order valence-electron chi connectivity index (χ4n) is 3.67. The molecule has 1 N–H and O–H groups in total. The monoisotopic (exact) mass is 330 g/mol. The van der Waals surface area contributed by atoms with E-state index in [1.54, 1.807) is 12.4 Å². The van der Waals surface area contributed by atoms with Gasteiger partial charge in [-0.3, -0.25) is 0 Å². The molecule has 2 aromatic rings. The Morgan fingerprint density at radius 1 is 1.30 bits per heavy atom. The first-order valence-corrected chi connectivity index (χ1v) is 8.39. The molecule has 4 rings (SSSR count). The molecule has 23 heavy (non-hydrogen) atoms. The maximum absolute atomic E-state index is 12.4. The van der Waals surface area contributed by atoms with Crippen LogP contribution in [0, 0.1) is 5.92 Å². The van der Waals surface area contributed by atoms with Gasteiger partial charge in [0, 0.05) is 41.5 Å². The number of amides is 1. The highest BCUT2D eigenvalue weighted by Crippen LogP contribution is 2.28. The van der Waals surface area contributed by atoms with Crippen LogP contribution in [0.4, 0.5) is 4.79 Å². The number of benzene rings is 1. The smallest absolute Gasteiger partial charge is 0.332 e. The fourth-order valence-corrected chi connectivity index (χ4v) is 3.92. The first-order valence-electron chi connectivity index (χ1n) is 8.02. The molecular formula is C17H19ClN4O. The predicted octanol–water partition coefficient (Wildman–Crippen LogP) is 2.86. The quantitative estimate of drug-likeness (QED) is 0.921. The van der Waals surface area contributed by atoms with E-state index in [0.29, 0.717) is 5.02 Å². The van der Waals surface area contributed by atoms with E-state index in [1.807, 2.05) is 24.3 Å². The van der Waals surface area contributed by atoms with Crippen molar-refractivity contribution < 1.29 is 4.79 Å². The van der Waals surface area contributed by atoms with Crippen LogP contribution in [-0.4, -0.2) is 46.4 Å². The van der Waals surface area contributed by atoms with Crippen molar-refractivity contribution in [1.82, 2.24) is 20.0 Å². The molecule has 0 aliphatic carbocycles. The lowest BCUT2D eigenvalue weighted by molar-refractivity contribution is 0.204. The molecule has 1 aromatic heterocycles. The summed E-state index contributed by atoms with van der Waals surface area (Å²) in [5, 5.41) is 7.94. The average molecular weight is 331 g/mol. The first-order chi connectivity index (χ1) is 11.2. The number of fused-ring (bicyclic) bond motifs is 2. The minimum atomic E-state index is -0.171. The zero-order valence-corrected chi connectivity index (χ0v) is 13.5. The standard InChI is InChI=1S/C17H19ClN4O/c18-16-4-2-1-3-15(16)13-8-19-22(10-13)17(23)20-14-7-12-5-6-21(9-12)11-14/h1-4,8,10,12,14H,5-7,9,11H2,(H,20,23)/t12-,14-/m1/s1. The van der Waals surface area contributed by atoms with Gasteiger partial charge in [0.1, 0.15) is 0 Å². The fraction of sp³-hybridized carbons (Fsp3) is 0.412. The minimum Gasteiger partial charge on any atom is -0.332 e. The molecule has 0 spiro atoms. The Kier molecular flexibility index (Phi) is 3.83. The van der Waals surface area contributed by atoms with E-state index in [9.17, 15) is 4.79 Å². The molecule has 1 unspecified atom stereocenters. The third-order valence-corrected chi connectivity index (χ3v) is 5.10. The van der Waals surface area contributed by atoms with Gasteiger partial charge in [0.15, 0.2) is 0 Å². The van der Waals surface area contributed by atoms with Gasteiger partial charge in [0.25, 0.3) is 0 Å². The molecule has 0 saturated carbocycles. The van der Waals surface area contributed by atoms with Crippen molar-refractivity contribution in [2.75, 3.05) is 19.6 Å². The van der Waals surface area contributed by atoms with Crippen molar-refractivity contribution in [1.29, 1.82) is 0 Å². The van der Waals surface area contributed by atoms with Gasteiger partial charge in [-0.15, -0.1) is 0 Å². The molecule has 2 bridgehead atoms. The first kappa shape index (κ1) is 14.7. The topological polar surface area (TPSA) is 50.2 Å². The van der Waals surface area contributed by atoms with E-state index < -0.39 is 0 Å². The van der Waals surface area contributed by atoms with Crippen molar-refractivity contribution in [3.05, 3.63) is 41.7 Å². The lowest BCUT2D eigenvalue weighted by Gasteiger charge is -2.30. The molecule has 0 radical (unpaired) electrons. The third-order valence-electron chi connectivity index (χ3n) is 4.77. The van der Waals surface area contributed by atoms with Gasteiger partial charge >= 0.3 is 6.03 Å². The SMILES string of the molecule is O=C(N[C@@H]1C[C@H]2CCN(C2)C1)n1cc(-c2ccccc2Cl)cn1. The van der Waals surface area contributed by atoms with E-state index in [-0.39, 0.29) is 12.1 Å². The summed E-state index contributed by atoms with van der Waals surface area (Å²) in [6.45, 7) is 3.29. The molecule has 2 fully saturated rings. The highest BCUT2D eigenvalue weighted by atomic mass is 35.5. The van der Waals surface area contributed by atoms with Gasteiger partial charge in [0.05, 0.1) is 6.20 Å². The molecule has 1 amide bonds. The summed E-state index contributed by atoms with van der Waals surface area (Å²) in [6, 6.07) is 7.61. The number of hydrogen-bond acceptors (Lipinski definition) is 3. The number of nitrogens with zero attached hydrogens (tertiary/aromatic N) is 3. The predicted molar refractivity (Wildman–Crippen MR) is 89.6 cm³/mol. The van der Waals surface area contributed by atoms with Gasteiger partial charge in [-0.1, -0.05) is 29.8 Å². The van der Waals surface area contributed by atoms with Crippen LogP contribution in [0.3, 0.4) is 0 Å². The number of rotatable bonds is 2. The molecule has 3 atom stereocenters. The van der Waals surface area contributed by atoms with E-state index >= 15 is 0 Å². The van der Waals surface area contributed by atoms with Crippen molar-refractivity contribution in [2.45, 2.75) is 18.9 Å². The molecule has 1 aromatic carbocycles. The van der Waals surface area contributed by atoms with Crippen molar-refractivity contribution in [3.63, 3.8) is 0 Å². The summed E-state index contributed by atoms with van der Waals surface area (Å²) >= 11 is 6.20. The second kappa shape index (κ2) is 5.98. The number of nitrogens with one attached hydrogen (secondary N) is 1. The Bertz CT molecular complexity index is 717. The third kappa shape index (κ3) is 2.99. The molecule has 120 valence electrons. The Morgan fingerprint density at radius 3 is 3.00 bits per heavy atom. The van der Waals surface area contributed by atoms with Crippen LogP contribution in [0.1, 0.15) is 12.8 Å². The largest absolute Gasteiger partial charge is 0.342 e. The normalized spacial score (nSPS) is 26.2. The molecule has 2 aliphatic heterocycles. The second-order valence-corrected chi connectivity index (χ2v) is 6.86. The number of carbonyl (C=O) groups is 1. The van der Waals surface area contributed by atoms with Gasteiger partial charge < -0.3 is 10.2 Å². The van der Waals surface area contributed by atoms with Crippen LogP contribution in [0.15, 0.2) is 36.7 Å². The van der Waals surface area contributed by atoms with Gasteiger partial charge in [-0.05, 0) is 31.4 Å². The molecule has 5 nitrogen and oxygen atoms in total. The molecule has 2 aliphatic rings. The zero-order valence-electron chi connectivity index (χ0n) is 12.8. The van der Waals surface area contributed by atoms with Crippen LogP contribution >= 0.6 is 11.6 Å². The molecular weight excluding hydrogens is 312 g/mol. The van der Waals surface area contributed by atoms with Crippen LogP contribution in [0.25, 0.3) is 11.1 Å². The van der Waals surface area contributed by atoms with Crippen molar-refractivity contribution >= 4 is 17.6 Å². The Hall–Kier alpha value is -1.85. The molecule has 6 heteroatoms. The van der Waals surface area contributed by atoms with Crippen LogP contribution in [-0.2, 0) is 0 Å². The number of hydrogen-bond donors (Lipinski definition) is 1. The summed E-state index contributed by atoms with van der Waals surface area (Å²) in [7, 11) is 0. The molecule has 2 saturated heterocycles. The zero-order chi connectivity index (χ0) is 15.8. The summed E-state index contributed by atoms with van der Waals surface area (Å²) < 4.78 is 1.37. The van der Waals surface area contributed by atoms with Crippen molar-refractivity contribution in [2.24, 2.45) is 5.92 Å². The number of halogens is 1. The highest BCUT2D eigenvalue weighted by molar-refractivity contribution is 6.33. The maximum Gasteiger partial charge on any atom is 0.342 e. The average Bonchev–Trinajstić information content (AvgIpc) is 3.15. The summed E-state index contributed by atoms with van der Waals surface area (Å²) in [6.07, 6.45) is 5.73. The number of carbonyl (C=O) groups excluding carboxylic acids is 1. The number of piperidine rings is 1. The summed E-state index contributed by atoms with van der Waals surface area (Å²) in [5.41, 5.74) is 1.73. The Balaban J connectivity index is 1.46. The second-order valence-electron chi connectivity index (χ2n) is 6.45. The Morgan fingerprint density at radius 2 is 2.17 bits per heavy atom. The van der Waals surface area contributed by atoms with Gasteiger partial charge in [-0.25, -0.2) is 4.79 Å². The maximum atomic E-state index is 12.4. The summed E-state index contributed by atoms with van der Waals surface area (Å²) in [4.78, 5) is 14.8. The van der Waals surface area contributed by atoms with E-state index in [2.05, 4.69) is 15.3 Å². The van der Waals surface area contributed by atoms with E-state index in [4.69, 9.17) is 11.6 Å². The number of aromatic nitrogens is 2. The minimum absolute atomic E-state index is 0.171. The highest BCUT2D eigenvalue weighted by Gasteiger charge is 2.33. The van der Waals surface area contributed by atoms with E-state index in [0.717, 1.165) is 36.6 Å². The van der Waals surface area contributed by atoms with Crippen molar-refractivity contribution in [3.8, 4) is 11.1 Å².